The molecule has 4 heterocycles. The van der Waals surface area contributed by atoms with Gasteiger partial charge < -0.3 is 5.32 Å². The van der Waals surface area contributed by atoms with Gasteiger partial charge in [0.1, 0.15) is 11.5 Å². The third-order valence-electron chi connectivity index (χ3n) is 7.01. The first-order valence-corrected chi connectivity index (χ1v) is 16.3. The lowest BCUT2D eigenvalue weighted by molar-refractivity contribution is 0.149. The maximum Gasteiger partial charge on any atom is 0.269 e. The maximum absolute atomic E-state index is 14.1. The number of anilines is 1. The standard InChI is InChI=1S/C26H26F3N7O5S2/c1-42(38,39)35-6-4-19(5-7-35)33-26-32-13-17-10-21(23(28)29)25(37)36(24(17)34-26)14-15-2-3-22(31-12-15)16-8-18(27)11-20(9-16)43(30,40)41/h2-3,8-13,19,23H,4-7,14H2,1H3,(H2,30,40,41)(H,32,33,34). The average Bonchev–Trinajstić information content (AvgIpc) is 2.94. The van der Waals surface area contributed by atoms with Crippen molar-refractivity contribution in [3.63, 3.8) is 0 Å². The van der Waals surface area contributed by atoms with Gasteiger partial charge >= 0.3 is 0 Å². The molecule has 5 rings (SSSR count). The number of alkyl halides is 2. The fraction of sp³-hybridized carbons (Fsp3) is 0.308. The first-order chi connectivity index (χ1) is 20.2. The number of pyridine rings is 2. The largest absolute Gasteiger partial charge is 0.351 e. The van der Waals surface area contributed by atoms with E-state index in [0.29, 0.717) is 31.5 Å². The molecule has 4 aromatic rings. The third kappa shape index (κ3) is 6.84. The van der Waals surface area contributed by atoms with Crippen molar-refractivity contribution in [1.29, 1.82) is 0 Å². The number of primary sulfonamides is 1. The predicted molar refractivity (Wildman–Crippen MR) is 152 cm³/mol. The number of aromatic nitrogens is 4. The van der Waals surface area contributed by atoms with Gasteiger partial charge in [-0.15, -0.1) is 0 Å². The molecular formula is C26H26F3N7O5S2. The van der Waals surface area contributed by atoms with E-state index in [4.69, 9.17) is 5.14 Å². The molecule has 0 saturated carbocycles. The molecule has 1 aliphatic rings. The van der Waals surface area contributed by atoms with Crippen LogP contribution in [0.4, 0.5) is 19.1 Å². The minimum Gasteiger partial charge on any atom is -0.351 e. The van der Waals surface area contributed by atoms with Gasteiger partial charge in [0, 0.05) is 42.5 Å². The second-order valence-electron chi connectivity index (χ2n) is 10.1. The van der Waals surface area contributed by atoms with E-state index in [9.17, 15) is 34.8 Å². The lowest BCUT2D eigenvalue weighted by Crippen LogP contribution is -2.42. The minimum absolute atomic E-state index is 0.0903. The number of nitrogens with zero attached hydrogens (tertiary/aromatic N) is 5. The Morgan fingerprint density at radius 3 is 2.37 bits per heavy atom. The summed E-state index contributed by atoms with van der Waals surface area (Å²) in [6.07, 6.45) is 1.76. The highest BCUT2D eigenvalue weighted by Gasteiger charge is 2.26. The lowest BCUT2D eigenvalue weighted by atomic mass is 10.1. The van der Waals surface area contributed by atoms with Crippen molar-refractivity contribution in [3.05, 3.63) is 76.1 Å². The highest BCUT2D eigenvalue weighted by atomic mass is 32.2. The van der Waals surface area contributed by atoms with Crippen LogP contribution in [0.3, 0.4) is 0 Å². The van der Waals surface area contributed by atoms with Gasteiger partial charge in [-0.2, -0.15) is 4.98 Å². The van der Waals surface area contributed by atoms with Crippen LogP contribution >= 0.6 is 0 Å². The molecule has 0 unspecified atom stereocenters. The third-order valence-corrected chi connectivity index (χ3v) is 9.20. The number of sulfonamides is 2. The van der Waals surface area contributed by atoms with Gasteiger partial charge in [-0.1, -0.05) is 6.07 Å². The highest BCUT2D eigenvalue weighted by Crippen LogP contribution is 2.25. The number of fused-ring (bicyclic) bond motifs is 1. The molecule has 0 aliphatic carbocycles. The van der Waals surface area contributed by atoms with Crippen LogP contribution in [0.15, 0.2) is 58.5 Å². The number of hydrogen-bond donors (Lipinski definition) is 2. The summed E-state index contributed by atoms with van der Waals surface area (Å²) in [7, 11) is -7.48. The van der Waals surface area contributed by atoms with Crippen molar-refractivity contribution < 1.29 is 30.0 Å². The van der Waals surface area contributed by atoms with Crippen molar-refractivity contribution >= 4 is 37.0 Å². The van der Waals surface area contributed by atoms with Crippen LogP contribution in [0.1, 0.15) is 30.4 Å². The van der Waals surface area contributed by atoms with Gasteiger partial charge in [0.2, 0.25) is 26.0 Å². The van der Waals surface area contributed by atoms with Crippen LogP contribution in [0.25, 0.3) is 22.3 Å². The summed E-state index contributed by atoms with van der Waals surface area (Å²) in [5, 5.41) is 8.46. The topological polar surface area (TPSA) is 170 Å². The number of benzene rings is 1. The fourth-order valence-corrected chi connectivity index (χ4v) is 6.26. The minimum atomic E-state index is -4.17. The van der Waals surface area contributed by atoms with E-state index in [2.05, 4.69) is 20.3 Å². The molecule has 43 heavy (non-hydrogen) atoms. The second-order valence-corrected chi connectivity index (χ2v) is 13.7. The number of piperidine rings is 1. The number of rotatable bonds is 8. The summed E-state index contributed by atoms with van der Waals surface area (Å²) >= 11 is 0. The lowest BCUT2D eigenvalue weighted by Gasteiger charge is -2.30. The zero-order chi connectivity index (χ0) is 31.1. The Labute approximate surface area is 244 Å². The summed E-state index contributed by atoms with van der Waals surface area (Å²) in [5.41, 5.74) is -0.827. The summed E-state index contributed by atoms with van der Waals surface area (Å²) in [5.74, 6) is -0.687. The molecule has 12 nitrogen and oxygen atoms in total. The normalized spacial score (nSPS) is 15.3. The fourth-order valence-electron chi connectivity index (χ4n) is 4.81. The van der Waals surface area contributed by atoms with Gasteiger partial charge in [0.05, 0.1) is 29.0 Å². The molecule has 0 radical (unpaired) electrons. The zero-order valence-corrected chi connectivity index (χ0v) is 24.2. The van der Waals surface area contributed by atoms with Crippen molar-refractivity contribution in [2.45, 2.75) is 36.7 Å². The molecule has 1 aromatic carbocycles. The monoisotopic (exact) mass is 637 g/mol. The van der Waals surface area contributed by atoms with E-state index >= 15 is 0 Å². The molecule has 17 heteroatoms. The molecule has 0 amide bonds. The molecule has 0 spiro atoms. The zero-order valence-electron chi connectivity index (χ0n) is 22.6. The van der Waals surface area contributed by atoms with Gasteiger partial charge in [0.15, 0.2) is 0 Å². The van der Waals surface area contributed by atoms with Gasteiger partial charge in [0.25, 0.3) is 12.0 Å². The Morgan fingerprint density at radius 2 is 1.77 bits per heavy atom. The first-order valence-electron chi connectivity index (χ1n) is 12.9. The van der Waals surface area contributed by atoms with E-state index in [1.165, 1.54) is 34.9 Å². The number of nitrogens with two attached hydrogens (primary N) is 1. The van der Waals surface area contributed by atoms with E-state index in [-0.39, 0.29) is 40.8 Å². The number of nitrogens with one attached hydrogen (secondary N) is 1. The van der Waals surface area contributed by atoms with Gasteiger partial charge in [-0.05, 0) is 48.7 Å². The summed E-state index contributed by atoms with van der Waals surface area (Å²) in [6.45, 7) is 0.432. The predicted octanol–water partition coefficient (Wildman–Crippen LogP) is 2.46. The highest BCUT2D eigenvalue weighted by molar-refractivity contribution is 7.89. The maximum atomic E-state index is 14.1. The molecule has 0 atom stereocenters. The summed E-state index contributed by atoms with van der Waals surface area (Å²) < 4.78 is 91.0. The van der Waals surface area contributed by atoms with Crippen LogP contribution in [0.2, 0.25) is 0 Å². The Hall–Kier alpha value is -3.93. The Bertz CT molecular complexity index is 1960. The molecule has 0 bridgehead atoms. The van der Waals surface area contributed by atoms with Crippen molar-refractivity contribution in [1.82, 2.24) is 23.8 Å². The van der Waals surface area contributed by atoms with E-state index in [0.717, 1.165) is 29.0 Å². The summed E-state index contributed by atoms with van der Waals surface area (Å²) in [6, 6.07) is 6.92. The molecule has 3 N–H and O–H groups in total. The van der Waals surface area contributed by atoms with Crippen LogP contribution in [0.5, 0.6) is 0 Å². The Balaban J connectivity index is 1.45. The molecule has 1 saturated heterocycles. The second kappa shape index (κ2) is 11.6. The molecule has 3 aromatic heterocycles. The van der Waals surface area contributed by atoms with Crippen LogP contribution in [-0.2, 0) is 26.6 Å². The van der Waals surface area contributed by atoms with Crippen molar-refractivity contribution in [2.75, 3.05) is 24.7 Å². The summed E-state index contributed by atoms with van der Waals surface area (Å²) in [4.78, 5) is 25.6. The van der Waals surface area contributed by atoms with E-state index in [1.54, 1.807) is 0 Å². The van der Waals surface area contributed by atoms with Crippen molar-refractivity contribution in [2.24, 2.45) is 5.14 Å². The number of hydrogen-bond acceptors (Lipinski definition) is 9. The van der Waals surface area contributed by atoms with Crippen LogP contribution in [0, 0.1) is 5.82 Å². The van der Waals surface area contributed by atoms with Crippen molar-refractivity contribution in [3.8, 4) is 11.3 Å². The van der Waals surface area contributed by atoms with E-state index < -0.39 is 48.3 Å². The van der Waals surface area contributed by atoms with Gasteiger partial charge in [-0.3, -0.25) is 14.3 Å². The molecule has 228 valence electrons. The molecular weight excluding hydrogens is 611 g/mol. The van der Waals surface area contributed by atoms with Gasteiger partial charge in [-0.25, -0.2) is 44.4 Å². The van der Waals surface area contributed by atoms with E-state index in [1.807, 2.05) is 0 Å². The first kappa shape index (κ1) is 30.5. The molecule has 1 aliphatic heterocycles. The average molecular weight is 638 g/mol. The SMILES string of the molecule is CS(=O)(=O)N1CCC(Nc2ncc3cc(C(F)F)c(=O)n(Cc4ccc(-c5cc(F)cc(S(N)(=O)=O)c5)nc4)c3n2)CC1. The Kier molecular flexibility index (Phi) is 8.26. The number of halogens is 3. The smallest absolute Gasteiger partial charge is 0.269 e. The Morgan fingerprint density at radius 1 is 1.05 bits per heavy atom. The quantitative estimate of drug-likeness (QED) is 0.295. The van der Waals surface area contributed by atoms with Crippen LogP contribution < -0.4 is 16.0 Å². The molecule has 1 fully saturated rings. The van der Waals surface area contributed by atoms with Crippen LogP contribution in [-0.4, -0.2) is 66.0 Å².